The Morgan fingerprint density at radius 1 is 0.974 bits per heavy atom. The predicted octanol–water partition coefficient (Wildman–Crippen LogP) is 2.33. The van der Waals surface area contributed by atoms with Crippen molar-refractivity contribution < 1.29 is 4.74 Å². The summed E-state index contributed by atoms with van der Waals surface area (Å²) in [6, 6.07) is 11.7. The number of aromatic amines is 1. The van der Waals surface area contributed by atoms with E-state index in [4.69, 9.17) is 4.74 Å². The number of para-hydroxylation sites is 1. The topological polar surface area (TPSA) is 111 Å². The summed E-state index contributed by atoms with van der Waals surface area (Å²) in [6.07, 6.45) is 1.45. The molecule has 2 aliphatic heterocycles. The number of nitrogens with one attached hydrogen (secondary N) is 2. The molecule has 39 heavy (non-hydrogen) atoms. The Morgan fingerprint density at radius 2 is 1.72 bits per heavy atom. The van der Waals surface area contributed by atoms with E-state index >= 15 is 0 Å². The fraction of sp³-hybridized carbons (Fsp3) is 0.357. The van der Waals surface area contributed by atoms with E-state index in [1.807, 2.05) is 31.2 Å². The first-order valence-electron chi connectivity index (χ1n) is 13.2. The number of aromatic nitrogens is 4. The van der Waals surface area contributed by atoms with E-state index < -0.39 is 11.2 Å². The predicted molar refractivity (Wildman–Crippen MR) is 151 cm³/mol. The molecule has 0 bridgehead atoms. The minimum Gasteiger partial charge on any atom is -0.380 e. The van der Waals surface area contributed by atoms with Gasteiger partial charge in [-0.2, -0.15) is 4.98 Å². The van der Waals surface area contributed by atoms with E-state index in [2.05, 4.69) is 54.2 Å². The number of nitrogens with zero attached hydrogens (tertiary/aromatic N) is 6. The maximum absolute atomic E-state index is 13.4. The largest absolute Gasteiger partial charge is 0.380 e. The molecule has 4 aromatic rings. The van der Waals surface area contributed by atoms with Crippen molar-refractivity contribution in [1.29, 1.82) is 0 Å². The van der Waals surface area contributed by atoms with Crippen molar-refractivity contribution in [2.75, 3.05) is 56.6 Å². The zero-order chi connectivity index (χ0) is 27.1. The first-order valence-corrected chi connectivity index (χ1v) is 13.2. The molecule has 0 radical (unpaired) electrons. The molecule has 11 heteroatoms. The molecule has 202 valence electrons. The number of ether oxygens (including phenoxy) is 1. The number of hydrogen-bond acceptors (Lipinski definition) is 9. The molecule has 0 aliphatic carbocycles. The number of rotatable bonds is 7. The first kappa shape index (κ1) is 25.2. The zero-order valence-electron chi connectivity index (χ0n) is 22.4. The average Bonchev–Trinajstić information content (AvgIpc) is 3.76. The number of fused-ring (bicyclic) bond motifs is 1. The molecule has 2 fully saturated rings. The van der Waals surface area contributed by atoms with E-state index in [1.54, 1.807) is 7.11 Å². The molecule has 2 aliphatic rings. The number of benzene rings is 2. The molecule has 11 nitrogen and oxygen atoms in total. The molecule has 0 saturated carbocycles. The Morgan fingerprint density at radius 3 is 2.41 bits per heavy atom. The summed E-state index contributed by atoms with van der Waals surface area (Å²) in [5, 5.41) is 8.27. The SMILES string of the molecule is COCc1cccc(C)c1-n1c(=O)[nH]c2nc(Nc3ccc(N4CCN(N5CC5)CC4)c(C)c3)ncc2c1=O. The number of hydrogen-bond donors (Lipinski definition) is 2. The summed E-state index contributed by atoms with van der Waals surface area (Å²) >= 11 is 0. The highest BCUT2D eigenvalue weighted by atomic mass is 16.5. The molecule has 2 saturated heterocycles. The lowest BCUT2D eigenvalue weighted by molar-refractivity contribution is 0.0805. The summed E-state index contributed by atoms with van der Waals surface area (Å²) in [5.41, 5.74) is 4.38. The van der Waals surface area contributed by atoms with Gasteiger partial charge < -0.3 is 15.0 Å². The van der Waals surface area contributed by atoms with Crippen molar-refractivity contribution in [2.45, 2.75) is 20.5 Å². The van der Waals surface area contributed by atoms with Gasteiger partial charge in [-0.15, -0.1) is 0 Å². The maximum Gasteiger partial charge on any atom is 0.334 e. The molecule has 0 unspecified atom stereocenters. The van der Waals surface area contributed by atoms with Gasteiger partial charge in [0.05, 0.1) is 12.3 Å². The van der Waals surface area contributed by atoms with E-state index in [0.29, 0.717) is 11.6 Å². The second-order valence-electron chi connectivity index (χ2n) is 10.1. The highest BCUT2D eigenvalue weighted by Gasteiger charge is 2.29. The smallest absolute Gasteiger partial charge is 0.334 e. The van der Waals surface area contributed by atoms with Crippen LogP contribution in [-0.2, 0) is 11.3 Å². The van der Waals surface area contributed by atoms with Gasteiger partial charge in [-0.1, -0.05) is 18.2 Å². The Balaban J connectivity index is 1.25. The van der Waals surface area contributed by atoms with Crippen LogP contribution in [0.1, 0.15) is 16.7 Å². The van der Waals surface area contributed by atoms with Crippen LogP contribution in [0, 0.1) is 13.8 Å². The number of anilines is 3. The minimum atomic E-state index is -0.567. The lowest BCUT2D eigenvalue weighted by Gasteiger charge is -2.37. The summed E-state index contributed by atoms with van der Waals surface area (Å²) in [6.45, 7) is 10.7. The Bertz CT molecular complexity index is 1650. The van der Waals surface area contributed by atoms with Crippen LogP contribution in [0.2, 0.25) is 0 Å². The highest BCUT2D eigenvalue weighted by Crippen LogP contribution is 2.27. The second-order valence-corrected chi connectivity index (χ2v) is 10.1. The first-order chi connectivity index (χ1) is 18.9. The average molecular weight is 529 g/mol. The molecule has 2 aromatic heterocycles. The third kappa shape index (κ3) is 4.91. The van der Waals surface area contributed by atoms with Crippen molar-refractivity contribution in [3.8, 4) is 5.69 Å². The van der Waals surface area contributed by atoms with Gasteiger partial charge >= 0.3 is 5.69 Å². The van der Waals surface area contributed by atoms with Crippen molar-refractivity contribution in [1.82, 2.24) is 29.5 Å². The fourth-order valence-corrected chi connectivity index (χ4v) is 5.34. The van der Waals surface area contributed by atoms with Crippen LogP contribution in [0.25, 0.3) is 16.7 Å². The van der Waals surface area contributed by atoms with Crippen molar-refractivity contribution in [3.63, 3.8) is 0 Å². The molecule has 0 atom stereocenters. The standard InChI is InChI=1S/C28H32N8O3/c1-18-5-4-6-20(17-39-3)24(18)36-26(37)22-16-29-27(31-25(22)32-28(36)38)30-21-7-8-23(19(2)15-21)33-9-11-34(12-10-33)35-13-14-35/h4-8,15-16H,9-14,17H2,1-3H3,(H2,29,30,31,32,38). The summed E-state index contributed by atoms with van der Waals surface area (Å²) in [4.78, 5) is 40.5. The van der Waals surface area contributed by atoms with E-state index in [-0.39, 0.29) is 17.6 Å². The lowest BCUT2D eigenvalue weighted by Crippen LogP contribution is -2.48. The van der Waals surface area contributed by atoms with Gasteiger partial charge in [0.1, 0.15) is 5.39 Å². The van der Waals surface area contributed by atoms with Crippen LogP contribution in [0.4, 0.5) is 17.3 Å². The van der Waals surface area contributed by atoms with Gasteiger partial charge in [-0.3, -0.25) is 9.78 Å². The van der Waals surface area contributed by atoms with Gasteiger partial charge in [0.25, 0.3) is 5.56 Å². The Hall–Kier alpha value is -4.06. The van der Waals surface area contributed by atoms with Gasteiger partial charge in [0.2, 0.25) is 5.95 Å². The van der Waals surface area contributed by atoms with Crippen LogP contribution >= 0.6 is 0 Å². The highest BCUT2D eigenvalue weighted by molar-refractivity contribution is 5.75. The molecule has 0 amide bonds. The van der Waals surface area contributed by atoms with Crippen LogP contribution in [-0.4, -0.2) is 75.9 Å². The molecule has 2 N–H and O–H groups in total. The van der Waals surface area contributed by atoms with Crippen LogP contribution in [0.3, 0.4) is 0 Å². The number of hydrazine groups is 1. The lowest BCUT2D eigenvalue weighted by atomic mass is 10.1. The van der Waals surface area contributed by atoms with E-state index in [1.165, 1.54) is 25.0 Å². The second kappa shape index (κ2) is 10.3. The molecule has 0 spiro atoms. The van der Waals surface area contributed by atoms with Gasteiger partial charge in [0, 0.05) is 69.5 Å². The van der Waals surface area contributed by atoms with Crippen molar-refractivity contribution in [2.24, 2.45) is 0 Å². The van der Waals surface area contributed by atoms with Gasteiger partial charge in [0.15, 0.2) is 5.65 Å². The van der Waals surface area contributed by atoms with E-state index in [9.17, 15) is 9.59 Å². The Kier molecular flexibility index (Phi) is 6.63. The number of H-pyrrole nitrogens is 1. The van der Waals surface area contributed by atoms with E-state index in [0.717, 1.165) is 53.1 Å². The minimum absolute atomic E-state index is 0.179. The molecule has 2 aromatic carbocycles. The van der Waals surface area contributed by atoms with Gasteiger partial charge in [-0.05, 0) is 43.2 Å². The molecular formula is C28H32N8O3. The summed E-state index contributed by atoms with van der Waals surface area (Å²) in [7, 11) is 1.57. The van der Waals surface area contributed by atoms with Crippen LogP contribution < -0.4 is 21.5 Å². The normalized spacial score (nSPS) is 16.1. The van der Waals surface area contributed by atoms with Crippen molar-refractivity contribution in [3.05, 3.63) is 80.1 Å². The third-order valence-electron chi connectivity index (χ3n) is 7.37. The maximum atomic E-state index is 13.4. The van der Waals surface area contributed by atoms with Crippen LogP contribution in [0.5, 0.6) is 0 Å². The fourth-order valence-electron chi connectivity index (χ4n) is 5.34. The number of piperazine rings is 1. The molecular weight excluding hydrogens is 496 g/mol. The molecule has 4 heterocycles. The number of aryl methyl sites for hydroxylation is 2. The third-order valence-corrected chi connectivity index (χ3v) is 7.37. The Labute approximate surface area is 225 Å². The van der Waals surface area contributed by atoms with Crippen LogP contribution in [0.15, 0.2) is 52.2 Å². The van der Waals surface area contributed by atoms with Crippen molar-refractivity contribution >= 4 is 28.4 Å². The summed E-state index contributed by atoms with van der Waals surface area (Å²) < 4.78 is 6.41. The zero-order valence-corrected chi connectivity index (χ0v) is 22.4. The molecule has 6 rings (SSSR count). The van der Waals surface area contributed by atoms with Gasteiger partial charge in [-0.25, -0.2) is 24.4 Å². The number of methoxy groups -OCH3 is 1. The quantitative estimate of drug-likeness (QED) is 0.349. The summed E-state index contributed by atoms with van der Waals surface area (Å²) in [5.74, 6) is 0.297. The monoisotopic (exact) mass is 528 g/mol.